The molecule has 0 radical (unpaired) electrons. The number of nitrogens with zero attached hydrogens (tertiary/aromatic N) is 2. The van der Waals surface area contributed by atoms with Gasteiger partial charge in [0, 0.05) is 18.8 Å². The summed E-state index contributed by atoms with van der Waals surface area (Å²) in [5.41, 5.74) is 0.0299. The number of pyridine rings is 1. The quantitative estimate of drug-likeness (QED) is 0.454. The van der Waals surface area contributed by atoms with Crippen molar-refractivity contribution in [3.05, 3.63) is 28.4 Å². The maximum Gasteiger partial charge on any atom is 0.274 e. The van der Waals surface area contributed by atoms with Crippen molar-refractivity contribution in [2.45, 2.75) is 20.0 Å². The van der Waals surface area contributed by atoms with Crippen molar-refractivity contribution in [1.29, 1.82) is 0 Å². The van der Waals surface area contributed by atoms with E-state index >= 15 is 0 Å². The molecule has 16 heavy (non-hydrogen) atoms. The van der Waals surface area contributed by atoms with E-state index in [1.54, 1.807) is 0 Å². The van der Waals surface area contributed by atoms with Gasteiger partial charge in [-0.25, -0.2) is 4.98 Å². The van der Waals surface area contributed by atoms with Gasteiger partial charge in [-0.3, -0.25) is 10.1 Å². The summed E-state index contributed by atoms with van der Waals surface area (Å²) in [7, 11) is 0. The fourth-order valence-electron chi connectivity index (χ4n) is 1.10. The number of aromatic nitrogens is 1. The molecule has 0 saturated carbocycles. The number of hydrogen-bond acceptors (Lipinski definition) is 5. The second-order valence-electron chi connectivity index (χ2n) is 3.50. The lowest BCUT2D eigenvalue weighted by molar-refractivity contribution is -0.384. The predicted molar refractivity (Wildman–Crippen MR) is 60.5 cm³/mol. The average molecular weight is 225 g/mol. The topological polar surface area (TPSA) is 77.3 Å². The van der Waals surface area contributed by atoms with Gasteiger partial charge in [0.25, 0.3) is 5.69 Å². The van der Waals surface area contributed by atoms with Gasteiger partial charge in [-0.15, -0.1) is 0 Å². The van der Waals surface area contributed by atoms with E-state index in [9.17, 15) is 10.1 Å². The molecule has 0 atom stereocenters. The van der Waals surface area contributed by atoms with Crippen LogP contribution in [0.15, 0.2) is 18.3 Å². The van der Waals surface area contributed by atoms with Crippen molar-refractivity contribution >= 4 is 11.5 Å². The minimum absolute atomic E-state index is 0.0299. The standard InChI is InChI=1S/C10H15N3O3/c1-8(2)16-6-5-12-10-7-9(13(14)15)3-4-11-10/h3-4,7-8H,5-6H2,1-2H3,(H,11,12). The molecule has 0 aliphatic carbocycles. The van der Waals surface area contributed by atoms with Crippen molar-refractivity contribution in [3.8, 4) is 0 Å². The highest BCUT2D eigenvalue weighted by Gasteiger charge is 2.05. The van der Waals surface area contributed by atoms with Crippen LogP contribution in [0.3, 0.4) is 0 Å². The summed E-state index contributed by atoms with van der Waals surface area (Å²) in [5.74, 6) is 0.488. The van der Waals surface area contributed by atoms with Crippen LogP contribution in [0, 0.1) is 10.1 Å². The molecule has 1 aromatic rings. The number of hydrogen-bond donors (Lipinski definition) is 1. The van der Waals surface area contributed by atoms with Gasteiger partial charge in [0.15, 0.2) is 0 Å². The van der Waals surface area contributed by atoms with Crippen molar-refractivity contribution < 1.29 is 9.66 Å². The molecule has 1 N–H and O–H groups in total. The number of anilines is 1. The Morgan fingerprint density at radius 1 is 1.62 bits per heavy atom. The second kappa shape index (κ2) is 6.02. The summed E-state index contributed by atoms with van der Waals surface area (Å²) in [4.78, 5) is 14.0. The normalized spacial score (nSPS) is 10.4. The molecule has 1 heterocycles. The lowest BCUT2D eigenvalue weighted by Crippen LogP contribution is -2.13. The summed E-state index contributed by atoms with van der Waals surface area (Å²) >= 11 is 0. The molecule has 0 aromatic carbocycles. The zero-order valence-corrected chi connectivity index (χ0v) is 9.34. The summed E-state index contributed by atoms with van der Waals surface area (Å²) in [6.07, 6.45) is 1.59. The maximum absolute atomic E-state index is 10.5. The van der Waals surface area contributed by atoms with E-state index < -0.39 is 4.92 Å². The molecule has 0 unspecified atom stereocenters. The van der Waals surface area contributed by atoms with Gasteiger partial charge < -0.3 is 10.1 Å². The third-order valence-electron chi connectivity index (χ3n) is 1.81. The van der Waals surface area contributed by atoms with Crippen LogP contribution in [-0.2, 0) is 4.74 Å². The molecule has 6 heteroatoms. The first kappa shape index (κ1) is 12.4. The van der Waals surface area contributed by atoms with Crippen LogP contribution in [0.4, 0.5) is 11.5 Å². The zero-order chi connectivity index (χ0) is 12.0. The monoisotopic (exact) mass is 225 g/mol. The third kappa shape index (κ3) is 4.22. The van der Waals surface area contributed by atoms with E-state index in [0.717, 1.165) is 0 Å². The van der Waals surface area contributed by atoms with Gasteiger partial charge in [-0.2, -0.15) is 0 Å². The Balaban J connectivity index is 2.42. The Bertz CT molecular complexity index is 355. The fourth-order valence-corrected chi connectivity index (χ4v) is 1.10. The molecule has 0 amide bonds. The van der Waals surface area contributed by atoms with Gasteiger partial charge in [0.2, 0.25) is 0 Å². The molecule has 1 aromatic heterocycles. The van der Waals surface area contributed by atoms with E-state index in [1.165, 1.54) is 18.3 Å². The van der Waals surface area contributed by atoms with E-state index in [4.69, 9.17) is 4.74 Å². The smallest absolute Gasteiger partial charge is 0.274 e. The SMILES string of the molecule is CC(C)OCCNc1cc([N+](=O)[O-])ccn1. The minimum atomic E-state index is -0.447. The summed E-state index contributed by atoms with van der Waals surface area (Å²) in [6.45, 7) is 5.02. The molecular formula is C10H15N3O3. The number of nitrogens with one attached hydrogen (secondary N) is 1. The molecular weight excluding hydrogens is 210 g/mol. The first-order valence-corrected chi connectivity index (χ1v) is 5.05. The molecule has 0 saturated heterocycles. The summed E-state index contributed by atoms with van der Waals surface area (Å²) in [5, 5.41) is 13.5. The number of rotatable bonds is 6. The second-order valence-corrected chi connectivity index (χ2v) is 3.50. The Hall–Kier alpha value is -1.69. The molecule has 6 nitrogen and oxygen atoms in total. The third-order valence-corrected chi connectivity index (χ3v) is 1.81. The molecule has 0 aliphatic rings. The van der Waals surface area contributed by atoms with Crippen LogP contribution < -0.4 is 5.32 Å². The highest BCUT2D eigenvalue weighted by atomic mass is 16.6. The number of nitro groups is 1. The van der Waals surface area contributed by atoms with Gasteiger partial charge in [0.05, 0.1) is 23.7 Å². The first-order valence-electron chi connectivity index (χ1n) is 5.05. The fraction of sp³-hybridized carbons (Fsp3) is 0.500. The van der Waals surface area contributed by atoms with E-state index in [-0.39, 0.29) is 11.8 Å². The summed E-state index contributed by atoms with van der Waals surface area (Å²) in [6, 6.07) is 2.76. The highest BCUT2D eigenvalue weighted by molar-refractivity contribution is 5.44. The van der Waals surface area contributed by atoms with E-state index in [1.807, 2.05) is 13.8 Å². The van der Waals surface area contributed by atoms with Crippen LogP contribution in [0.2, 0.25) is 0 Å². The average Bonchev–Trinajstić information content (AvgIpc) is 2.24. The van der Waals surface area contributed by atoms with Crippen molar-refractivity contribution in [2.24, 2.45) is 0 Å². The van der Waals surface area contributed by atoms with E-state index in [2.05, 4.69) is 10.3 Å². The van der Waals surface area contributed by atoms with E-state index in [0.29, 0.717) is 19.0 Å². The molecule has 88 valence electrons. The highest BCUT2D eigenvalue weighted by Crippen LogP contribution is 2.13. The summed E-state index contributed by atoms with van der Waals surface area (Å²) < 4.78 is 5.32. The lowest BCUT2D eigenvalue weighted by Gasteiger charge is -2.08. The van der Waals surface area contributed by atoms with Crippen molar-refractivity contribution in [2.75, 3.05) is 18.5 Å². The van der Waals surface area contributed by atoms with Crippen LogP contribution in [0.5, 0.6) is 0 Å². The lowest BCUT2D eigenvalue weighted by atomic mass is 10.4. The van der Waals surface area contributed by atoms with Crippen LogP contribution in [0.1, 0.15) is 13.8 Å². The van der Waals surface area contributed by atoms with Gasteiger partial charge >= 0.3 is 0 Å². The van der Waals surface area contributed by atoms with Gasteiger partial charge in [-0.1, -0.05) is 0 Å². The molecule has 1 rings (SSSR count). The number of ether oxygens (including phenoxy) is 1. The largest absolute Gasteiger partial charge is 0.377 e. The predicted octanol–water partition coefficient (Wildman–Crippen LogP) is 1.83. The van der Waals surface area contributed by atoms with Gasteiger partial charge in [-0.05, 0) is 13.8 Å². The van der Waals surface area contributed by atoms with Crippen molar-refractivity contribution in [1.82, 2.24) is 4.98 Å². The molecule has 0 spiro atoms. The van der Waals surface area contributed by atoms with Crippen LogP contribution in [-0.4, -0.2) is 29.2 Å². The Morgan fingerprint density at radius 2 is 2.38 bits per heavy atom. The zero-order valence-electron chi connectivity index (χ0n) is 9.34. The maximum atomic E-state index is 10.5. The molecule has 0 aliphatic heterocycles. The van der Waals surface area contributed by atoms with Crippen LogP contribution in [0.25, 0.3) is 0 Å². The Kier molecular flexibility index (Phi) is 4.65. The molecule has 0 fully saturated rings. The first-order chi connectivity index (χ1) is 7.59. The van der Waals surface area contributed by atoms with Gasteiger partial charge in [0.1, 0.15) is 5.82 Å². The Labute approximate surface area is 93.8 Å². The van der Waals surface area contributed by atoms with Crippen molar-refractivity contribution in [3.63, 3.8) is 0 Å². The molecule has 0 bridgehead atoms. The minimum Gasteiger partial charge on any atom is -0.377 e. The van der Waals surface area contributed by atoms with Crippen LogP contribution >= 0.6 is 0 Å². The Morgan fingerprint density at radius 3 is 3.00 bits per heavy atom.